The van der Waals surface area contributed by atoms with Gasteiger partial charge in [0.2, 0.25) is 0 Å². The summed E-state index contributed by atoms with van der Waals surface area (Å²) in [5, 5.41) is 10.4. The molecule has 0 unspecified atom stereocenters. The molecule has 1 N–H and O–H groups in total. The summed E-state index contributed by atoms with van der Waals surface area (Å²) in [4.78, 5) is 12.5. The fourth-order valence-electron chi connectivity index (χ4n) is 4.79. The molecule has 0 amide bonds. The molecule has 1 spiro atoms. The van der Waals surface area contributed by atoms with Crippen molar-refractivity contribution >= 4 is 5.78 Å². The summed E-state index contributed by atoms with van der Waals surface area (Å²) in [6.07, 6.45) is 4.05. The smallest absolute Gasteiger partial charge is 0.161 e. The molecular formula is C15H22O3. The number of ketones is 1. The molecule has 3 heteroatoms. The van der Waals surface area contributed by atoms with Crippen molar-refractivity contribution in [3.05, 3.63) is 11.6 Å². The number of rotatable bonds is 0. The van der Waals surface area contributed by atoms with Crippen LogP contribution >= 0.6 is 0 Å². The first-order valence-corrected chi connectivity index (χ1v) is 6.91. The molecule has 1 heterocycles. The molecule has 0 aromatic rings. The van der Waals surface area contributed by atoms with Crippen LogP contribution in [0.2, 0.25) is 0 Å². The third kappa shape index (κ3) is 1.35. The lowest BCUT2D eigenvalue weighted by Crippen LogP contribution is -2.56. The third-order valence-electron chi connectivity index (χ3n) is 5.48. The third-order valence-corrected chi connectivity index (χ3v) is 5.48. The monoisotopic (exact) mass is 250 g/mol. The molecule has 3 aliphatic rings. The molecule has 1 aliphatic heterocycles. The molecule has 1 saturated heterocycles. The minimum Gasteiger partial charge on any atom is -0.367 e. The Kier molecular flexibility index (Phi) is 2.52. The highest BCUT2D eigenvalue weighted by atomic mass is 16.6. The second-order valence-corrected chi connectivity index (χ2v) is 6.92. The number of aliphatic hydroxyl groups is 1. The lowest BCUT2D eigenvalue weighted by atomic mass is 9.48. The quantitative estimate of drug-likeness (QED) is 0.717. The lowest BCUT2D eigenvalue weighted by Gasteiger charge is -2.54. The fraction of sp³-hybridized carbons (Fsp3) is 0.800. The van der Waals surface area contributed by atoms with Gasteiger partial charge in [0.1, 0.15) is 0 Å². The molecule has 0 bridgehead atoms. The van der Waals surface area contributed by atoms with Gasteiger partial charge in [0.25, 0.3) is 0 Å². The molecule has 2 aliphatic carbocycles. The first-order chi connectivity index (χ1) is 8.39. The van der Waals surface area contributed by atoms with Gasteiger partial charge in [0, 0.05) is 17.3 Å². The van der Waals surface area contributed by atoms with Crippen LogP contribution in [0, 0.1) is 22.7 Å². The topological polar surface area (TPSA) is 46.5 Å². The van der Waals surface area contributed by atoms with Crippen LogP contribution in [0.25, 0.3) is 0 Å². The van der Waals surface area contributed by atoms with Gasteiger partial charge in [-0.25, -0.2) is 0 Å². The zero-order valence-corrected chi connectivity index (χ0v) is 11.4. The van der Waals surface area contributed by atoms with Crippen LogP contribution in [0.3, 0.4) is 0 Å². The van der Waals surface area contributed by atoms with Crippen LogP contribution in [-0.4, -0.2) is 23.8 Å². The molecule has 2 fully saturated rings. The van der Waals surface area contributed by atoms with Crippen LogP contribution in [0.5, 0.6) is 0 Å². The minimum atomic E-state index is -0.778. The summed E-state index contributed by atoms with van der Waals surface area (Å²) in [6, 6.07) is 0. The van der Waals surface area contributed by atoms with Gasteiger partial charge in [-0.1, -0.05) is 25.8 Å². The first kappa shape index (κ1) is 12.4. The SMILES string of the molecule is CC1=CC(=O)[C@H]2C(C)(C)CCC[C@@]23[C@@H](O)OC[C@@H]13. The zero-order chi connectivity index (χ0) is 13.1. The predicted octanol–water partition coefficient (Wildman–Crippen LogP) is 2.29. The van der Waals surface area contributed by atoms with E-state index in [0.29, 0.717) is 6.61 Å². The van der Waals surface area contributed by atoms with E-state index in [1.807, 2.05) is 6.92 Å². The summed E-state index contributed by atoms with van der Waals surface area (Å²) in [5.74, 6) is 0.317. The average molecular weight is 250 g/mol. The first-order valence-electron chi connectivity index (χ1n) is 6.91. The van der Waals surface area contributed by atoms with Crippen molar-refractivity contribution in [3.8, 4) is 0 Å². The molecule has 3 nitrogen and oxygen atoms in total. The molecule has 0 radical (unpaired) electrons. The maximum Gasteiger partial charge on any atom is 0.161 e. The normalized spacial score (nSPS) is 46.3. The Bertz CT molecular complexity index is 423. The molecule has 100 valence electrons. The van der Waals surface area contributed by atoms with Crippen molar-refractivity contribution in [2.24, 2.45) is 22.7 Å². The van der Waals surface area contributed by atoms with Gasteiger partial charge in [-0.15, -0.1) is 0 Å². The van der Waals surface area contributed by atoms with Crippen LogP contribution < -0.4 is 0 Å². The summed E-state index contributed by atoms with van der Waals surface area (Å²) >= 11 is 0. The van der Waals surface area contributed by atoms with E-state index in [4.69, 9.17) is 4.74 Å². The number of allylic oxidation sites excluding steroid dienone is 1. The second kappa shape index (κ2) is 3.67. The van der Waals surface area contributed by atoms with Gasteiger partial charge >= 0.3 is 0 Å². The Morgan fingerprint density at radius 1 is 1.39 bits per heavy atom. The Balaban J connectivity index is 2.17. The maximum absolute atomic E-state index is 12.5. The van der Waals surface area contributed by atoms with E-state index in [1.165, 1.54) is 0 Å². The van der Waals surface area contributed by atoms with Crippen molar-refractivity contribution in [3.63, 3.8) is 0 Å². The summed E-state index contributed by atoms with van der Waals surface area (Å²) in [5.41, 5.74) is 0.683. The molecule has 0 aromatic heterocycles. The second-order valence-electron chi connectivity index (χ2n) is 6.92. The van der Waals surface area contributed by atoms with Gasteiger partial charge in [-0.3, -0.25) is 4.79 Å². The molecule has 3 rings (SSSR count). The number of aliphatic hydroxyl groups excluding tert-OH is 1. The largest absolute Gasteiger partial charge is 0.367 e. The summed E-state index contributed by atoms with van der Waals surface area (Å²) < 4.78 is 5.53. The van der Waals surface area contributed by atoms with E-state index in [2.05, 4.69) is 13.8 Å². The van der Waals surface area contributed by atoms with E-state index in [9.17, 15) is 9.90 Å². The Labute approximate surface area is 108 Å². The Morgan fingerprint density at radius 3 is 2.83 bits per heavy atom. The highest BCUT2D eigenvalue weighted by molar-refractivity contribution is 5.95. The Morgan fingerprint density at radius 2 is 2.11 bits per heavy atom. The number of hydrogen-bond acceptors (Lipinski definition) is 3. The van der Waals surface area contributed by atoms with Crippen LogP contribution in [-0.2, 0) is 9.53 Å². The number of ether oxygens (including phenoxy) is 1. The maximum atomic E-state index is 12.5. The van der Waals surface area contributed by atoms with Crippen LogP contribution in [0.1, 0.15) is 40.0 Å². The number of carbonyl (C=O) groups excluding carboxylic acids is 1. The van der Waals surface area contributed by atoms with E-state index in [1.54, 1.807) is 6.08 Å². The lowest BCUT2D eigenvalue weighted by molar-refractivity contribution is -0.179. The van der Waals surface area contributed by atoms with Crippen LogP contribution in [0.15, 0.2) is 11.6 Å². The molecule has 0 aromatic carbocycles. The van der Waals surface area contributed by atoms with Gasteiger partial charge in [0.15, 0.2) is 12.1 Å². The van der Waals surface area contributed by atoms with Gasteiger partial charge in [-0.2, -0.15) is 0 Å². The fourth-order valence-corrected chi connectivity index (χ4v) is 4.79. The van der Waals surface area contributed by atoms with Crippen molar-refractivity contribution in [1.29, 1.82) is 0 Å². The minimum absolute atomic E-state index is 0.0422. The van der Waals surface area contributed by atoms with Crippen molar-refractivity contribution < 1.29 is 14.6 Å². The molecular weight excluding hydrogens is 228 g/mol. The van der Waals surface area contributed by atoms with E-state index in [0.717, 1.165) is 24.8 Å². The molecule has 4 atom stereocenters. The summed E-state index contributed by atoms with van der Waals surface area (Å²) in [6.45, 7) is 6.88. The Hall–Kier alpha value is -0.670. The highest BCUT2D eigenvalue weighted by Crippen LogP contribution is 2.62. The van der Waals surface area contributed by atoms with E-state index >= 15 is 0 Å². The molecule has 1 saturated carbocycles. The van der Waals surface area contributed by atoms with Gasteiger partial charge in [-0.05, 0) is 31.3 Å². The highest BCUT2D eigenvalue weighted by Gasteiger charge is 2.64. The molecule has 18 heavy (non-hydrogen) atoms. The van der Waals surface area contributed by atoms with Crippen LogP contribution in [0.4, 0.5) is 0 Å². The number of hydrogen-bond donors (Lipinski definition) is 1. The van der Waals surface area contributed by atoms with Crippen molar-refractivity contribution in [2.75, 3.05) is 6.61 Å². The predicted molar refractivity (Wildman–Crippen MR) is 67.8 cm³/mol. The van der Waals surface area contributed by atoms with Gasteiger partial charge < -0.3 is 9.84 Å². The average Bonchev–Trinajstić information content (AvgIpc) is 2.55. The van der Waals surface area contributed by atoms with E-state index in [-0.39, 0.29) is 28.4 Å². The van der Waals surface area contributed by atoms with E-state index < -0.39 is 6.29 Å². The summed E-state index contributed by atoms with van der Waals surface area (Å²) in [7, 11) is 0. The number of carbonyl (C=O) groups is 1. The van der Waals surface area contributed by atoms with Crippen molar-refractivity contribution in [1.82, 2.24) is 0 Å². The van der Waals surface area contributed by atoms with Crippen molar-refractivity contribution in [2.45, 2.75) is 46.3 Å². The standard InChI is InChI=1S/C15H22O3/c1-9-7-11(16)12-14(2,3)5-4-6-15(12)10(9)8-18-13(15)17/h7,10,12-13,17H,4-6,8H2,1-3H3/t10-,12-,13-,15-/m0/s1. The zero-order valence-electron chi connectivity index (χ0n) is 11.4. The van der Waals surface area contributed by atoms with Gasteiger partial charge in [0.05, 0.1) is 6.61 Å².